The van der Waals surface area contributed by atoms with Gasteiger partial charge in [0.05, 0.1) is 5.52 Å². The Balaban J connectivity index is 2.04. The molecule has 2 N–H and O–H groups in total. The van der Waals surface area contributed by atoms with Crippen LogP contribution in [0.5, 0.6) is 0 Å². The van der Waals surface area contributed by atoms with Crippen LogP contribution >= 0.6 is 11.3 Å². The molecule has 0 saturated carbocycles. The van der Waals surface area contributed by atoms with Gasteiger partial charge in [0.15, 0.2) is 5.82 Å². The molecule has 3 rings (SSSR count). The summed E-state index contributed by atoms with van der Waals surface area (Å²) >= 11 is 1.46. The molecule has 0 aliphatic carbocycles. The number of nitrogens with zero attached hydrogens (tertiary/aromatic N) is 1. The predicted octanol–water partition coefficient (Wildman–Crippen LogP) is 3.04. The molecule has 0 amide bonds. The van der Waals surface area contributed by atoms with E-state index in [1.165, 1.54) is 11.3 Å². The molecule has 7 heteroatoms. The molecule has 0 bridgehead atoms. The lowest BCUT2D eigenvalue weighted by Gasteiger charge is -2.05. The lowest BCUT2D eigenvalue weighted by atomic mass is 10.2. The van der Waals surface area contributed by atoms with Crippen molar-refractivity contribution in [2.75, 3.05) is 4.72 Å². The summed E-state index contributed by atoms with van der Waals surface area (Å²) in [5, 5.41) is 7.59. The van der Waals surface area contributed by atoms with E-state index >= 15 is 0 Å². The molecule has 20 heavy (non-hydrogen) atoms. The quantitative estimate of drug-likeness (QED) is 0.781. The van der Waals surface area contributed by atoms with E-state index in [2.05, 4.69) is 14.9 Å². The van der Waals surface area contributed by atoms with Crippen LogP contribution < -0.4 is 4.72 Å². The molecular formula is C13H13N3O2S2. The van der Waals surface area contributed by atoms with E-state index in [0.717, 1.165) is 20.7 Å². The minimum atomic E-state index is -3.61. The predicted molar refractivity (Wildman–Crippen MR) is 80.7 cm³/mol. The van der Waals surface area contributed by atoms with Gasteiger partial charge in [0.2, 0.25) is 0 Å². The lowest BCUT2D eigenvalue weighted by Crippen LogP contribution is -2.13. The van der Waals surface area contributed by atoms with Gasteiger partial charge in [-0.1, -0.05) is 12.1 Å². The van der Waals surface area contributed by atoms with Gasteiger partial charge in [-0.2, -0.15) is 5.10 Å². The van der Waals surface area contributed by atoms with Gasteiger partial charge in [-0.05, 0) is 32.0 Å². The largest absolute Gasteiger partial charge is 0.276 e. The molecule has 0 aliphatic rings. The molecule has 2 aromatic heterocycles. The van der Waals surface area contributed by atoms with E-state index in [4.69, 9.17) is 0 Å². The van der Waals surface area contributed by atoms with E-state index < -0.39 is 10.0 Å². The van der Waals surface area contributed by atoms with Crippen LogP contribution in [0.2, 0.25) is 0 Å². The van der Waals surface area contributed by atoms with Crippen molar-refractivity contribution in [3.63, 3.8) is 0 Å². The standard InChI is InChI=1S/C13H13N3O2S2/c1-8-7-12(9(2)19-8)20(17,18)16-13-10-5-3-4-6-11(10)14-15-13/h3-7H,1-2H3,(H2,14,15,16). The summed E-state index contributed by atoms with van der Waals surface area (Å²) in [4.78, 5) is 2.05. The average Bonchev–Trinajstić information content (AvgIpc) is 2.94. The summed E-state index contributed by atoms with van der Waals surface area (Å²) in [6.07, 6.45) is 0. The van der Waals surface area contributed by atoms with Gasteiger partial charge >= 0.3 is 0 Å². The minimum Gasteiger partial charge on any atom is -0.276 e. The number of para-hydroxylation sites is 1. The zero-order valence-corrected chi connectivity index (χ0v) is 12.6. The number of sulfonamides is 1. The average molecular weight is 307 g/mol. The fourth-order valence-electron chi connectivity index (χ4n) is 2.10. The van der Waals surface area contributed by atoms with Crippen molar-refractivity contribution in [2.24, 2.45) is 0 Å². The van der Waals surface area contributed by atoms with Gasteiger partial charge in [-0.15, -0.1) is 11.3 Å². The third kappa shape index (κ3) is 2.19. The van der Waals surface area contributed by atoms with Crippen LogP contribution in [0.4, 0.5) is 5.82 Å². The first-order valence-corrected chi connectivity index (χ1v) is 8.30. The molecule has 0 saturated heterocycles. The van der Waals surface area contributed by atoms with Crippen LogP contribution in [0, 0.1) is 13.8 Å². The third-order valence-corrected chi connectivity index (χ3v) is 5.55. The molecule has 0 unspecified atom stereocenters. The van der Waals surface area contributed by atoms with Crippen molar-refractivity contribution in [1.82, 2.24) is 10.2 Å². The molecule has 1 aromatic carbocycles. The Hall–Kier alpha value is -1.86. The molecule has 0 radical (unpaired) electrons. The second-order valence-corrected chi connectivity index (χ2v) is 7.61. The number of nitrogens with one attached hydrogen (secondary N) is 2. The van der Waals surface area contributed by atoms with Crippen LogP contribution in [-0.4, -0.2) is 18.6 Å². The Morgan fingerprint density at radius 2 is 2.00 bits per heavy atom. The van der Waals surface area contributed by atoms with Crippen LogP contribution in [0.3, 0.4) is 0 Å². The van der Waals surface area contributed by atoms with Crippen LogP contribution in [0.25, 0.3) is 10.9 Å². The number of aromatic nitrogens is 2. The van der Waals surface area contributed by atoms with Gasteiger partial charge < -0.3 is 0 Å². The maximum Gasteiger partial charge on any atom is 0.264 e. The number of anilines is 1. The molecule has 104 valence electrons. The van der Waals surface area contributed by atoms with Crippen molar-refractivity contribution in [1.29, 1.82) is 0 Å². The minimum absolute atomic E-state index is 0.312. The van der Waals surface area contributed by atoms with Crippen LogP contribution in [-0.2, 0) is 10.0 Å². The van der Waals surface area contributed by atoms with Crippen molar-refractivity contribution in [3.8, 4) is 0 Å². The van der Waals surface area contributed by atoms with Crippen molar-refractivity contribution in [2.45, 2.75) is 18.7 Å². The number of fused-ring (bicyclic) bond motifs is 1. The molecule has 0 fully saturated rings. The number of hydrogen-bond donors (Lipinski definition) is 2. The Morgan fingerprint density at radius 3 is 2.70 bits per heavy atom. The fraction of sp³-hybridized carbons (Fsp3) is 0.154. The number of aromatic amines is 1. The lowest BCUT2D eigenvalue weighted by molar-refractivity contribution is 0.601. The summed E-state index contributed by atoms with van der Waals surface area (Å²) in [5.41, 5.74) is 0.795. The van der Waals surface area contributed by atoms with Crippen molar-refractivity contribution >= 4 is 38.1 Å². The molecule has 0 aliphatic heterocycles. The Morgan fingerprint density at radius 1 is 1.25 bits per heavy atom. The monoisotopic (exact) mass is 307 g/mol. The molecular weight excluding hydrogens is 294 g/mol. The summed E-state index contributed by atoms with van der Waals surface area (Å²) in [7, 11) is -3.61. The topological polar surface area (TPSA) is 74.8 Å². The van der Waals surface area contributed by atoms with E-state index in [1.807, 2.05) is 31.2 Å². The summed E-state index contributed by atoms with van der Waals surface area (Å²) in [6.45, 7) is 3.69. The van der Waals surface area contributed by atoms with Gasteiger partial charge in [0.25, 0.3) is 10.0 Å². The van der Waals surface area contributed by atoms with E-state index in [9.17, 15) is 8.42 Å². The summed E-state index contributed by atoms with van der Waals surface area (Å²) in [6, 6.07) is 9.06. The maximum atomic E-state index is 12.4. The van der Waals surface area contributed by atoms with Crippen LogP contribution in [0.1, 0.15) is 9.75 Å². The second kappa shape index (κ2) is 4.60. The van der Waals surface area contributed by atoms with Crippen molar-refractivity contribution in [3.05, 3.63) is 40.1 Å². The first-order chi connectivity index (χ1) is 9.47. The van der Waals surface area contributed by atoms with Gasteiger partial charge in [0, 0.05) is 15.1 Å². The molecule has 0 spiro atoms. The molecule has 3 aromatic rings. The molecule has 2 heterocycles. The Labute approximate surface area is 120 Å². The second-order valence-electron chi connectivity index (χ2n) is 4.50. The maximum absolute atomic E-state index is 12.4. The molecule has 5 nitrogen and oxygen atoms in total. The third-order valence-electron chi connectivity index (χ3n) is 2.99. The highest BCUT2D eigenvalue weighted by atomic mass is 32.2. The zero-order valence-electron chi connectivity index (χ0n) is 11.0. The Kier molecular flexibility index (Phi) is 3.02. The first kappa shape index (κ1) is 13.1. The van der Waals surface area contributed by atoms with E-state index in [0.29, 0.717) is 10.7 Å². The van der Waals surface area contributed by atoms with Gasteiger partial charge in [-0.25, -0.2) is 8.42 Å². The highest BCUT2D eigenvalue weighted by Crippen LogP contribution is 2.28. The number of H-pyrrole nitrogens is 1. The van der Waals surface area contributed by atoms with Crippen molar-refractivity contribution < 1.29 is 8.42 Å². The zero-order chi connectivity index (χ0) is 14.3. The normalized spacial score (nSPS) is 11.9. The smallest absolute Gasteiger partial charge is 0.264 e. The summed E-state index contributed by atoms with van der Waals surface area (Å²) < 4.78 is 27.4. The van der Waals surface area contributed by atoms with Gasteiger partial charge in [0.1, 0.15) is 4.90 Å². The number of hydrogen-bond acceptors (Lipinski definition) is 4. The fourth-order valence-corrected chi connectivity index (χ4v) is 4.68. The number of thiophene rings is 1. The molecule has 0 atom stereocenters. The number of benzene rings is 1. The highest BCUT2D eigenvalue weighted by Gasteiger charge is 2.21. The van der Waals surface area contributed by atoms with Crippen LogP contribution in [0.15, 0.2) is 35.2 Å². The van der Waals surface area contributed by atoms with E-state index in [1.54, 1.807) is 13.0 Å². The number of aryl methyl sites for hydroxylation is 2. The first-order valence-electron chi connectivity index (χ1n) is 6.00. The highest BCUT2D eigenvalue weighted by molar-refractivity contribution is 7.93. The van der Waals surface area contributed by atoms with E-state index in [-0.39, 0.29) is 0 Å². The van der Waals surface area contributed by atoms with Gasteiger partial charge in [-0.3, -0.25) is 9.82 Å². The number of rotatable bonds is 3. The summed E-state index contributed by atoms with van der Waals surface area (Å²) in [5.74, 6) is 0.323. The Bertz CT molecular complexity index is 878. The SMILES string of the molecule is Cc1cc(S(=O)(=O)Nc2n[nH]c3ccccc23)c(C)s1.